The van der Waals surface area contributed by atoms with Crippen molar-refractivity contribution in [3.05, 3.63) is 23.8 Å². The lowest BCUT2D eigenvalue weighted by atomic mass is 10.1. The van der Waals surface area contributed by atoms with Gasteiger partial charge in [-0.25, -0.2) is 0 Å². The summed E-state index contributed by atoms with van der Waals surface area (Å²) in [5.41, 5.74) is 8.24. The van der Waals surface area contributed by atoms with Crippen molar-refractivity contribution in [2.45, 2.75) is 39.7 Å². The quantitative estimate of drug-likeness (QED) is 0.776. The van der Waals surface area contributed by atoms with Gasteiger partial charge in [-0.1, -0.05) is 19.9 Å². The SMILES string of the molecule is CCC(CC)N(C)CC(=O)Nc1cccc(N)c1C. The lowest BCUT2D eigenvalue weighted by Gasteiger charge is -2.25. The van der Waals surface area contributed by atoms with E-state index in [0.29, 0.717) is 18.3 Å². The number of amides is 1. The smallest absolute Gasteiger partial charge is 0.238 e. The maximum Gasteiger partial charge on any atom is 0.238 e. The number of nitrogens with zero attached hydrogens (tertiary/aromatic N) is 1. The summed E-state index contributed by atoms with van der Waals surface area (Å²) in [4.78, 5) is 14.1. The summed E-state index contributed by atoms with van der Waals surface area (Å²) in [6.07, 6.45) is 2.11. The van der Waals surface area contributed by atoms with Gasteiger partial charge in [0, 0.05) is 17.4 Å². The number of rotatable bonds is 6. The van der Waals surface area contributed by atoms with Gasteiger partial charge in [0.25, 0.3) is 0 Å². The standard InChI is InChI=1S/C15H25N3O/c1-5-12(6-2)18(4)10-15(19)17-14-9-7-8-13(16)11(14)3/h7-9,12H,5-6,10,16H2,1-4H3,(H,17,19). The van der Waals surface area contributed by atoms with Crippen molar-refractivity contribution in [2.24, 2.45) is 0 Å². The molecule has 1 aromatic carbocycles. The minimum absolute atomic E-state index is 0.00287. The van der Waals surface area contributed by atoms with Crippen LogP contribution in [0.25, 0.3) is 0 Å². The Morgan fingerprint density at radius 2 is 2.00 bits per heavy atom. The fraction of sp³-hybridized carbons (Fsp3) is 0.533. The highest BCUT2D eigenvalue weighted by Gasteiger charge is 2.14. The Morgan fingerprint density at radius 3 is 2.58 bits per heavy atom. The Balaban J connectivity index is 2.63. The fourth-order valence-electron chi connectivity index (χ4n) is 2.25. The average molecular weight is 263 g/mol. The third kappa shape index (κ3) is 4.24. The largest absolute Gasteiger partial charge is 0.398 e. The van der Waals surface area contributed by atoms with Gasteiger partial charge in [0.1, 0.15) is 0 Å². The summed E-state index contributed by atoms with van der Waals surface area (Å²) in [5.74, 6) is 0.00287. The van der Waals surface area contributed by atoms with Crippen molar-refractivity contribution in [1.82, 2.24) is 4.90 Å². The zero-order valence-corrected chi connectivity index (χ0v) is 12.4. The number of nitrogens with one attached hydrogen (secondary N) is 1. The number of anilines is 2. The van der Waals surface area contributed by atoms with Crippen LogP contribution >= 0.6 is 0 Å². The number of benzene rings is 1. The molecule has 0 unspecified atom stereocenters. The van der Waals surface area contributed by atoms with Crippen LogP contribution in [0.5, 0.6) is 0 Å². The van der Waals surface area contributed by atoms with Crippen molar-refractivity contribution in [2.75, 3.05) is 24.6 Å². The van der Waals surface area contributed by atoms with Gasteiger partial charge in [0.05, 0.1) is 6.54 Å². The second kappa shape index (κ2) is 7.14. The van der Waals surface area contributed by atoms with Crippen LogP contribution in [0.15, 0.2) is 18.2 Å². The van der Waals surface area contributed by atoms with Crippen LogP contribution in [0.3, 0.4) is 0 Å². The third-order valence-electron chi connectivity index (χ3n) is 3.61. The van der Waals surface area contributed by atoms with E-state index in [-0.39, 0.29) is 5.91 Å². The first-order valence-electron chi connectivity index (χ1n) is 6.84. The molecule has 1 rings (SSSR count). The number of hydrogen-bond donors (Lipinski definition) is 2. The van der Waals surface area contributed by atoms with E-state index >= 15 is 0 Å². The van der Waals surface area contributed by atoms with Crippen LogP contribution in [0.1, 0.15) is 32.3 Å². The molecule has 106 valence electrons. The van der Waals surface area contributed by atoms with Crippen LogP contribution in [0.4, 0.5) is 11.4 Å². The third-order valence-corrected chi connectivity index (χ3v) is 3.61. The van der Waals surface area contributed by atoms with Crippen LogP contribution in [0, 0.1) is 6.92 Å². The number of likely N-dealkylation sites (N-methyl/N-ethyl adjacent to an activating group) is 1. The van der Waals surface area contributed by atoms with Gasteiger partial charge in [-0.05, 0) is 44.5 Å². The molecule has 0 saturated heterocycles. The lowest BCUT2D eigenvalue weighted by molar-refractivity contribution is -0.117. The van der Waals surface area contributed by atoms with Gasteiger partial charge in [-0.3, -0.25) is 9.69 Å². The normalized spacial score (nSPS) is 11.1. The molecule has 1 amide bonds. The topological polar surface area (TPSA) is 58.4 Å². The molecule has 0 spiro atoms. The number of hydrogen-bond acceptors (Lipinski definition) is 3. The summed E-state index contributed by atoms with van der Waals surface area (Å²) in [7, 11) is 1.99. The summed E-state index contributed by atoms with van der Waals surface area (Å²) < 4.78 is 0. The minimum atomic E-state index is 0.00287. The number of nitrogen functional groups attached to an aromatic ring is 1. The molecule has 0 atom stereocenters. The molecule has 0 aliphatic rings. The molecular formula is C15H25N3O. The highest BCUT2D eigenvalue weighted by atomic mass is 16.2. The second-order valence-electron chi connectivity index (χ2n) is 4.95. The van der Waals surface area contributed by atoms with Gasteiger partial charge in [-0.2, -0.15) is 0 Å². The van der Waals surface area contributed by atoms with E-state index in [1.54, 1.807) is 0 Å². The number of carbonyl (C=O) groups is 1. The molecular weight excluding hydrogens is 238 g/mol. The lowest BCUT2D eigenvalue weighted by Crippen LogP contribution is -2.37. The molecule has 0 bridgehead atoms. The number of nitrogens with two attached hydrogens (primary N) is 1. The van der Waals surface area contributed by atoms with Gasteiger partial charge in [0.2, 0.25) is 5.91 Å². The molecule has 4 heteroatoms. The second-order valence-corrected chi connectivity index (χ2v) is 4.95. The van der Waals surface area contributed by atoms with Gasteiger partial charge in [0.15, 0.2) is 0 Å². The molecule has 3 N–H and O–H groups in total. The zero-order chi connectivity index (χ0) is 14.4. The van der Waals surface area contributed by atoms with Crippen molar-refractivity contribution in [1.29, 1.82) is 0 Å². The molecule has 0 saturated carbocycles. The summed E-state index contributed by atoms with van der Waals surface area (Å²) in [6, 6.07) is 6.01. The van der Waals surface area contributed by atoms with Crippen LogP contribution < -0.4 is 11.1 Å². The van der Waals surface area contributed by atoms with Crippen molar-refractivity contribution in [3.8, 4) is 0 Å². The van der Waals surface area contributed by atoms with E-state index in [2.05, 4.69) is 24.1 Å². The Morgan fingerprint density at radius 1 is 1.37 bits per heavy atom. The first-order chi connectivity index (χ1) is 8.99. The Hall–Kier alpha value is -1.55. The molecule has 0 fully saturated rings. The predicted octanol–water partition coefficient (Wildman–Crippen LogP) is 2.64. The Bertz CT molecular complexity index is 427. The molecule has 4 nitrogen and oxygen atoms in total. The Labute approximate surface area is 116 Å². The van der Waals surface area contributed by atoms with E-state index < -0.39 is 0 Å². The van der Waals surface area contributed by atoms with Crippen LogP contribution in [0.2, 0.25) is 0 Å². The van der Waals surface area contributed by atoms with E-state index in [1.165, 1.54) is 0 Å². The molecule has 1 aromatic rings. The molecule has 0 aromatic heterocycles. The maximum absolute atomic E-state index is 12.0. The highest BCUT2D eigenvalue weighted by Crippen LogP contribution is 2.20. The molecule has 0 aliphatic carbocycles. The fourth-order valence-corrected chi connectivity index (χ4v) is 2.25. The summed E-state index contributed by atoms with van der Waals surface area (Å²) in [6.45, 7) is 6.60. The zero-order valence-electron chi connectivity index (χ0n) is 12.4. The van der Waals surface area contributed by atoms with E-state index in [1.807, 2.05) is 32.2 Å². The summed E-state index contributed by atoms with van der Waals surface area (Å²) >= 11 is 0. The minimum Gasteiger partial charge on any atom is -0.398 e. The van der Waals surface area contributed by atoms with Gasteiger partial charge in [-0.15, -0.1) is 0 Å². The van der Waals surface area contributed by atoms with Crippen LogP contribution in [-0.2, 0) is 4.79 Å². The summed E-state index contributed by atoms with van der Waals surface area (Å²) in [5, 5.41) is 2.92. The first-order valence-corrected chi connectivity index (χ1v) is 6.84. The van der Waals surface area contributed by atoms with E-state index in [9.17, 15) is 4.79 Å². The maximum atomic E-state index is 12.0. The predicted molar refractivity (Wildman–Crippen MR) is 81.2 cm³/mol. The Kier molecular flexibility index (Phi) is 5.83. The van der Waals surface area contributed by atoms with Gasteiger partial charge < -0.3 is 11.1 Å². The average Bonchev–Trinajstić information content (AvgIpc) is 2.36. The molecule has 19 heavy (non-hydrogen) atoms. The van der Waals surface area contributed by atoms with Crippen molar-refractivity contribution >= 4 is 17.3 Å². The molecule has 0 heterocycles. The molecule has 0 aliphatic heterocycles. The first kappa shape index (κ1) is 15.5. The highest BCUT2D eigenvalue weighted by molar-refractivity contribution is 5.93. The molecule has 0 radical (unpaired) electrons. The van der Waals surface area contributed by atoms with E-state index in [4.69, 9.17) is 5.73 Å². The van der Waals surface area contributed by atoms with Gasteiger partial charge >= 0.3 is 0 Å². The van der Waals surface area contributed by atoms with Crippen molar-refractivity contribution in [3.63, 3.8) is 0 Å². The van der Waals surface area contributed by atoms with Crippen molar-refractivity contribution < 1.29 is 4.79 Å². The van der Waals surface area contributed by atoms with E-state index in [0.717, 1.165) is 24.1 Å². The van der Waals surface area contributed by atoms with Crippen LogP contribution in [-0.4, -0.2) is 30.4 Å². The number of carbonyl (C=O) groups excluding carboxylic acids is 1. The monoisotopic (exact) mass is 263 g/mol.